The van der Waals surface area contributed by atoms with E-state index in [4.69, 9.17) is 0 Å². The Labute approximate surface area is 161 Å². The van der Waals surface area contributed by atoms with Gasteiger partial charge in [-0.3, -0.25) is 14.2 Å². The molecule has 1 N–H and O–H groups in total. The summed E-state index contributed by atoms with van der Waals surface area (Å²) in [4.78, 5) is 23.1. The fourth-order valence-electron chi connectivity index (χ4n) is 3.32. The van der Waals surface area contributed by atoms with Crippen LogP contribution in [-0.2, 0) is 0 Å². The van der Waals surface area contributed by atoms with Gasteiger partial charge in [-0.15, -0.1) is 0 Å². The minimum absolute atomic E-state index is 0.111. The van der Waals surface area contributed by atoms with E-state index in [9.17, 15) is 4.79 Å². The number of fused-ring (bicyclic) bond motifs is 1. The fraction of sp³-hybridized carbons (Fsp3) is 0. The van der Waals surface area contributed by atoms with Gasteiger partial charge >= 0.3 is 0 Å². The van der Waals surface area contributed by atoms with Gasteiger partial charge in [-0.25, -0.2) is 4.98 Å². The quantitative estimate of drug-likeness (QED) is 0.515. The topological polar surface area (TPSA) is 63.1 Å². The summed E-state index contributed by atoms with van der Waals surface area (Å²) in [5, 5.41) is 0. The summed E-state index contributed by atoms with van der Waals surface area (Å²) in [7, 11) is 0. The lowest BCUT2D eigenvalue weighted by atomic mass is 10.1. The van der Waals surface area contributed by atoms with Gasteiger partial charge in [0.15, 0.2) is 0 Å². The van der Waals surface area contributed by atoms with Crippen molar-refractivity contribution in [1.29, 1.82) is 0 Å². The Hall–Kier alpha value is -3.99. The molecular formula is C23H16N4O. The molecule has 0 aliphatic carbocycles. The fourth-order valence-corrected chi connectivity index (χ4v) is 3.32. The molecule has 0 saturated carbocycles. The van der Waals surface area contributed by atoms with Crippen LogP contribution in [-0.4, -0.2) is 19.4 Å². The van der Waals surface area contributed by atoms with E-state index in [-0.39, 0.29) is 5.56 Å². The highest BCUT2D eigenvalue weighted by Gasteiger charge is 2.09. The standard InChI is InChI=1S/C23H16N4O/c28-23-7-6-19(14-26-23)17-9-11-27-21(15-25-22(27)13-17)18-8-10-24-20(12-18)16-4-2-1-3-5-16/h1-15H,(H,26,28). The van der Waals surface area contributed by atoms with Crippen molar-refractivity contribution in [2.24, 2.45) is 0 Å². The van der Waals surface area contributed by atoms with Crippen LogP contribution in [0.2, 0.25) is 0 Å². The molecule has 1 aromatic carbocycles. The van der Waals surface area contributed by atoms with Crippen LogP contribution in [0.3, 0.4) is 0 Å². The summed E-state index contributed by atoms with van der Waals surface area (Å²) >= 11 is 0. The number of hydrogen-bond acceptors (Lipinski definition) is 3. The van der Waals surface area contributed by atoms with E-state index in [1.165, 1.54) is 6.07 Å². The highest BCUT2D eigenvalue weighted by molar-refractivity contribution is 5.72. The average molecular weight is 364 g/mol. The van der Waals surface area contributed by atoms with Crippen LogP contribution in [0.15, 0.2) is 96.3 Å². The van der Waals surface area contributed by atoms with E-state index in [2.05, 4.69) is 37.6 Å². The van der Waals surface area contributed by atoms with Crippen molar-refractivity contribution < 1.29 is 0 Å². The molecular weight excluding hydrogens is 348 g/mol. The van der Waals surface area contributed by atoms with Gasteiger partial charge in [-0.05, 0) is 41.5 Å². The molecule has 0 saturated heterocycles. The average Bonchev–Trinajstić information content (AvgIpc) is 3.18. The first kappa shape index (κ1) is 16.2. The van der Waals surface area contributed by atoms with Crippen LogP contribution < -0.4 is 5.56 Å². The first-order chi connectivity index (χ1) is 13.8. The van der Waals surface area contributed by atoms with Crippen molar-refractivity contribution >= 4 is 5.65 Å². The lowest BCUT2D eigenvalue weighted by Gasteiger charge is -2.06. The van der Waals surface area contributed by atoms with Crippen molar-refractivity contribution in [2.45, 2.75) is 0 Å². The lowest BCUT2D eigenvalue weighted by Crippen LogP contribution is -2.01. The Morgan fingerprint density at radius 1 is 0.786 bits per heavy atom. The maximum Gasteiger partial charge on any atom is 0.247 e. The van der Waals surface area contributed by atoms with E-state index < -0.39 is 0 Å². The third kappa shape index (κ3) is 2.89. The Morgan fingerprint density at radius 2 is 1.68 bits per heavy atom. The highest BCUT2D eigenvalue weighted by atomic mass is 16.1. The number of hydrogen-bond donors (Lipinski definition) is 1. The van der Waals surface area contributed by atoms with E-state index in [0.717, 1.165) is 39.3 Å². The smallest absolute Gasteiger partial charge is 0.247 e. The maximum absolute atomic E-state index is 11.3. The lowest BCUT2D eigenvalue weighted by molar-refractivity contribution is 1.18. The Bertz CT molecular complexity index is 1320. The van der Waals surface area contributed by atoms with Crippen LogP contribution in [0.5, 0.6) is 0 Å². The molecule has 5 aromatic rings. The zero-order valence-corrected chi connectivity index (χ0v) is 14.9. The second kappa shape index (κ2) is 6.63. The molecule has 28 heavy (non-hydrogen) atoms. The molecule has 134 valence electrons. The molecule has 0 spiro atoms. The number of benzene rings is 1. The summed E-state index contributed by atoms with van der Waals surface area (Å²) < 4.78 is 2.05. The summed E-state index contributed by atoms with van der Waals surface area (Å²) in [6.07, 6.45) is 7.41. The van der Waals surface area contributed by atoms with E-state index in [0.29, 0.717) is 0 Å². The number of H-pyrrole nitrogens is 1. The van der Waals surface area contributed by atoms with Gasteiger partial charge in [0.25, 0.3) is 0 Å². The van der Waals surface area contributed by atoms with Gasteiger partial charge in [0, 0.05) is 35.8 Å². The molecule has 5 nitrogen and oxygen atoms in total. The minimum Gasteiger partial charge on any atom is -0.328 e. The minimum atomic E-state index is -0.111. The molecule has 0 fully saturated rings. The largest absolute Gasteiger partial charge is 0.328 e. The predicted octanol–water partition coefficient (Wildman–Crippen LogP) is 4.42. The SMILES string of the molecule is O=c1ccc(-c2ccn3c(-c4ccnc(-c5ccccc5)c4)cnc3c2)c[nH]1. The first-order valence-corrected chi connectivity index (χ1v) is 8.96. The molecule has 4 aromatic heterocycles. The zero-order valence-electron chi connectivity index (χ0n) is 14.9. The first-order valence-electron chi connectivity index (χ1n) is 8.96. The molecule has 5 rings (SSSR count). The van der Waals surface area contributed by atoms with Crippen LogP contribution >= 0.6 is 0 Å². The van der Waals surface area contributed by atoms with E-state index >= 15 is 0 Å². The number of aromatic nitrogens is 4. The Balaban J connectivity index is 1.57. The number of aromatic amines is 1. The monoisotopic (exact) mass is 364 g/mol. The van der Waals surface area contributed by atoms with Gasteiger partial charge in [-0.1, -0.05) is 30.3 Å². The Morgan fingerprint density at radius 3 is 2.50 bits per heavy atom. The van der Waals surface area contributed by atoms with Crippen molar-refractivity contribution in [3.8, 4) is 33.6 Å². The van der Waals surface area contributed by atoms with Gasteiger partial charge in [-0.2, -0.15) is 0 Å². The van der Waals surface area contributed by atoms with Gasteiger partial charge < -0.3 is 4.98 Å². The second-order valence-corrected chi connectivity index (χ2v) is 6.52. The molecule has 0 aliphatic rings. The Kier molecular flexibility index (Phi) is 3.84. The molecule has 0 amide bonds. The van der Waals surface area contributed by atoms with Gasteiger partial charge in [0.1, 0.15) is 5.65 Å². The summed E-state index contributed by atoms with van der Waals surface area (Å²) in [6, 6.07) is 21.6. The van der Waals surface area contributed by atoms with Crippen molar-refractivity contribution in [1.82, 2.24) is 19.4 Å². The van der Waals surface area contributed by atoms with Crippen LogP contribution in [0.25, 0.3) is 39.3 Å². The number of imidazole rings is 1. The van der Waals surface area contributed by atoms with Crippen molar-refractivity contribution in [3.05, 3.63) is 102 Å². The van der Waals surface area contributed by atoms with Gasteiger partial charge in [0.05, 0.1) is 17.6 Å². The third-order valence-corrected chi connectivity index (χ3v) is 4.76. The molecule has 0 unspecified atom stereocenters. The van der Waals surface area contributed by atoms with Crippen LogP contribution in [0.4, 0.5) is 0 Å². The second-order valence-electron chi connectivity index (χ2n) is 6.52. The van der Waals surface area contributed by atoms with E-state index in [1.807, 2.05) is 61.1 Å². The summed E-state index contributed by atoms with van der Waals surface area (Å²) in [5.41, 5.74) is 6.75. The third-order valence-electron chi connectivity index (χ3n) is 4.76. The molecule has 0 aliphatic heterocycles. The number of nitrogens with zero attached hydrogens (tertiary/aromatic N) is 3. The predicted molar refractivity (Wildman–Crippen MR) is 110 cm³/mol. The highest BCUT2D eigenvalue weighted by Crippen LogP contribution is 2.27. The molecule has 0 atom stereocenters. The molecule has 4 heterocycles. The number of nitrogens with one attached hydrogen (secondary N) is 1. The molecule has 0 radical (unpaired) electrons. The van der Waals surface area contributed by atoms with Crippen LogP contribution in [0, 0.1) is 0 Å². The van der Waals surface area contributed by atoms with Crippen molar-refractivity contribution in [3.63, 3.8) is 0 Å². The summed E-state index contributed by atoms with van der Waals surface area (Å²) in [6.45, 7) is 0. The van der Waals surface area contributed by atoms with Crippen molar-refractivity contribution in [2.75, 3.05) is 0 Å². The van der Waals surface area contributed by atoms with Gasteiger partial charge in [0.2, 0.25) is 5.56 Å². The number of rotatable bonds is 3. The molecule has 5 heteroatoms. The summed E-state index contributed by atoms with van der Waals surface area (Å²) in [5.74, 6) is 0. The zero-order chi connectivity index (χ0) is 18.9. The van der Waals surface area contributed by atoms with Crippen LogP contribution in [0.1, 0.15) is 0 Å². The normalized spacial score (nSPS) is 11.0. The van der Waals surface area contributed by atoms with E-state index in [1.54, 1.807) is 6.20 Å². The number of pyridine rings is 3. The molecule has 0 bridgehead atoms. The maximum atomic E-state index is 11.3.